The summed E-state index contributed by atoms with van der Waals surface area (Å²) in [5, 5.41) is 47.9. The van der Waals surface area contributed by atoms with E-state index in [4.69, 9.17) is 4.74 Å². The van der Waals surface area contributed by atoms with Gasteiger partial charge in [-0.05, 0) is 54.0 Å². The van der Waals surface area contributed by atoms with E-state index < -0.39 is 53.8 Å². The van der Waals surface area contributed by atoms with E-state index in [-0.39, 0.29) is 19.4 Å². The fraction of sp³-hybridized carbons (Fsp3) is 0.500. The van der Waals surface area contributed by atoms with Gasteiger partial charge in [-0.2, -0.15) is 11.8 Å². The van der Waals surface area contributed by atoms with Gasteiger partial charge in [0.25, 0.3) is 5.91 Å². The number of nitrogens with one attached hydrogen (secondary N) is 2. The lowest BCUT2D eigenvalue weighted by atomic mass is 9.81. The van der Waals surface area contributed by atoms with Crippen LogP contribution in [0.2, 0.25) is 0 Å². The minimum atomic E-state index is -1.81. The Bertz CT molecular complexity index is 1150. The number of benzene rings is 2. The number of ether oxygens (including phenoxy) is 1. The number of hydrogen-bond acceptors (Lipinski definition) is 8. The number of unbranched alkanes of at least 4 members (excludes halogenated alkanes) is 1. The highest BCUT2D eigenvalue weighted by Gasteiger charge is 2.54. The molecule has 0 spiro atoms. The number of rotatable bonds is 14. The number of thioether (sulfide) groups is 1. The molecule has 0 aromatic heterocycles. The number of hydrogen-bond donors (Lipinski definition) is 6. The van der Waals surface area contributed by atoms with Crippen molar-refractivity contribution in [2.24, 2.45) is 0 Å². The Morgan fingerprint density at radius 2 is 1.71 bits per heavy atom. The maximum absolute atomic E-state index is 12.7. The summed E-state index contributed by atoms with van der Waals surface area (Å²) in [6.45, 7) is 2.88. The van der Waals surface area contributed by atoms with Gasteiger partial charge in [0.1, 0.15) is 12.2 Å². The van der Waals surface area contributed by atoms with Crippen molar-refractivity contribution < 1.29 is 39.5 Å². The smallest absolute Gasteiger partial charge is 0.336 e. The predicted octanol–water partition coefficient (Wildman–Crippen LogP) is 2.21. The molecule has 1 saturated heterocycles. The van der Waals surface area contributed by atoms with Crippen LogP contribution in [-0.2, 0) is 14.3 Å². The van der Waals surface area contributed by atoms with Gasteiger partial charge in [0.15, 0.2) is 5.60 Å². The molecule has 224 valence electrons. The van der Waals surface area contributed by atoms with E-state index in [1.165, 1.54) is 6.92 Å². The van der Waals surface area contributed by atoms with Crippen LogP contribution in [0.25, 0.3) is 11.1 Å². The van der Waals surface area contributed by atoms with Crippen molar-refractivity contribution in [2.75, 3.05) is 18.1 Å². The zero-order valence-corrected chi connectivity index (χ0v) is 24.2. The summed E-state index contributed by atoms with van der Waals surface area (Å²) in [5.74, 6) is -0.498. The lowest BCUT2D eigenvalue weighted by Gasteiger charge is -2.47. The van der Waals surface area contributed by atoms with Gasteiger partial charge in [0.2, 0.25) is 5.91 Å². The Hall–Kier alpha value is -2.96. The van der Waals surface area contributed by atoms with Gasteiger partial charge in [-0.25, -0.2) is 4.79 Å². The van der Waals surface area contributed by atoms with E-state index in [9.17, 15) is 34.8 Å². The van der Waals surface area contributed by atoms with Crippen LogP contribution < -0.4 is 10.6 Å². The number of aliphatic hydroxyl groups excluding tert-OH is 3. The Morgan fingerprint density at radius 1 is 1.05 bits per heavy atom. The Balaban J connectivity index is 1.69. The lowest BCUT2D eigenvalue weighted by molar-refractivity contribution is -0.229. The summed E-state index contributed by atoms with van der Waals surface area (Å²) >= 11 is 1.73. The first-order valence-electron chi connectivity index (χ1n) is 13.8. The van der Waals surface area contributed by atoms with Crippen LogP contribution in [0.3, 0.4) is 0 Å². The summed E-state index contributed by atoms with van der Waals surface area (Å²) in [4.78, 5) is 36.9. The van der Waals surface area contributed by atoms with Crippen molar-refractivity contribution in [2.45, 2.75) is 75.6 Å². The Labute approximate surface area is 244 Å². The number of carboxylic acids is 1. The average molecular weight is 589 g/mol. The van der Waals surface area contributed by atoms with Crippen molar-refractivity contribution in [1.29, 1.82) is 0 Å². The van der Waals surface area contributed by atoms with Crippen LogP contribution in [0, 0.1) is 0 Å². The first kappa shape index (κ1) is 32.6. The molecule has 1 aliphatic heterocycles. The molecule has 1 aliphatic rings. The summed E-state index contributed by atoms with van der Waals surface area (Å²) < 4.78 is 5.95. The molecular formula is C30H40N2O8S. The largest absolute Gasteiger partial charge is 0.479 e. The van der Waals surface area contributed by atoms with Crippen LogP contribution in [0.5, 0.6) is 0 Å². The lowest BCUT2D eigenvalue weighted by Crippen LogP contribution is -2.67. The van der Waals surface area contributed by atoms with Gasteiger partial charge in [-0.3, -0.25) is 9.59 Å². The molecule has 41 heavy (non-hydrogen) atoms. The first-order chi connectivity index (χ1) is 19.6. The Kier molecular flexibility index (Phi) is 12.2. The zero-order chi connectivity index (χ0) is 30.0. The fourth-order valence-corrected chi connectivity index (χ4v) is 5.71. The van der Waals surface area contributed by atoms with Gasteiger partial charge < -0.3 is 35.8 Å². The average Bonchev–Trinajstić information content (AvgIpc) is 2.96. The van der Waals surface area contributed by atoms with Crippen LogP contribution in [-0.4, -0.2) is 92.3 Å². The fourth-order valence-electron chi connectivity index (χ4n) is 5.01. The van der Waals surface area contributed by atoms with Gasteiger partial charge in [-0.1, -0.05) is 49.4 Å². The summed E-state index contributed by atoms with van der Waals surface area (Å²) in [6.07, 6.45) is -5.04. The number of aliphatic hydroxyl groups is 3. The van der Waals surface area contributed by atoms with E-state index in [0.29, 0.717) is 12.0 Å². The third kappa shape index (κ3) is 8.76. The molecule has 11 heteroatoms. The molecule has 6 N–H and O–H groups in total. The second-order valence-electron chi connectivity index (χ2n) is 10.2. The molecule has 2 aromatic rings. The molecule has 3 rings (SSSR count). The molecule has 0 bridgehead atoms. The molecule has 1 unspecified atom stereocenters. The highest BCUT2D eigenvalue weighted by Crippen LogP contribution is 2.36. The van der Waals surface area contributed by atoms with E-state index >= 15 is 0 Å². The van der Waals surface area contributed by atoms with Crippen molar-refractivity contribution in [1.82, 2.24) is 10.6 Å². The van der Waals surface area contributed by atoms with Gasteiger partial charge in [-0.15, -0.1) is 0 Å². The minimum absolute atomic E-state index is 0.0888. The number of carbonyl (C=O) groups excluding carboxylic acids is 2. The van der Waals surface area contributed by atoms with Gasteiger partial charge in [0, 0.05) is 25.5 Å². The molecule has 2 amide bonds. The number of carboxylic acid groups (broad SMARTS) is 1. The molecule has 10 nitrogen and oxygen atoms in total. The predicted molar refractivity (Wildman–Crippen MR) is 157 cm³/mol. The SMILES string of the molecule is CCSCCCC[C@]1(C(=O)O)CC(O)[C@@H](NC(C)=O)[C@H]([C@H](O)[C@H](O)CNC(=O)c2ccc(-c3ccccc3)cc2)O1. The molecule has 1 fully saturated rings. The van der Waals surface area contributed by atoms with Crippen LogP contribution >= 0.6 is 11.8 Å². The summed E-state index contributed by atoms with van der Waals surface area (Å²) in [7, 11) is 0. The monoisotopic (exact) mass is 588 g/mol. The van der Waals surface area contributed by atoms with E-state index in [1.807, 2.05) is 37.3 Å². The normalized spacial score (nSPS) is 23.8. The van der Waals surface area contributed by atoms with Crippen LogP contribution in [0.15, 0.2) is 54.6 Å². The third-order valence-corrected chi connectivity index (χ3v) is 8.19. The minimum Gasteiger partial charge on any atom is -0.479 e. The van der Waals surface area contributed by atoms with E-state index in [0.717, 1.165) is 29.1 Å². The maximum atomic E-state index is 12.7. The van der Waals surface area contributed by atoms with Crippen LogP contribution in [0.1, 0.15) is 49.9 Å². The van der Waals surface area contributed by atoms with Crippen LogP contribution in [0.4, 0.5) is 0 Å². The molecule has 0 saturated carbocycles. The molecule has 1 heterocycles. The van der Waals surface area contributed by atoms with Crippen molar-refractivity contribution in [3.8, 4) is 11.1 Å². The third-order valence-electron chi connectivity index (χ3n) is 7.21. The number of aliphatic carboxylic acids is 1. The highest BCUT2D eigenvalue weighted by atomic mass is 32.2. The van der Waals surface area contributed by atoms with Crippen molar-refractivity contribution >= 4 is 29.5 Å². The Morgan fingerprint density at radius 3 is 2.32 bits per heavy atom. The maximum Gasteiger partial charge on any atom is 0.336 e. The van der Waals surface area contributed by atoms with Crippen molar-refractivity contribution in [3.05, 3.63) is 60.2 Å². The summed E-state index contributed by atoms with van der Waals surface area (Å²) in [6, 6.07) is 15.4. The molecular weight excluding hydrogens is 548 g/mol. The topological polar surface area (TPSA) is 165 Å². The van der Waals surface area contributed by atoms with E-state index in [2.05, 4.69) is 10.6 Å². The standard InChI is InChI=1S/C30H40N2O8S/c1-3-41-16-8-7-15-30(29(38)39)17-23(34)25(32-19(2)33)27(40-30)26(36)24(35)18-31-28(37)22-13-11-21(12-14-22)20-9-5-4-6-10-20/h4-6,9-14,23-27,34-36H,3,7-8,15-18H2,1-2H3,(H,31,37)(H,32,33)(H,38,39)/t23?,24-,25-,26-,27-,30-/m1/s1. The number of amides is 2. The van der Waals surface area contributed by atoms with Gasteiger partial charge >= 0.3 is 5.97 Å². The molecule has 0 radical (unpaired) electrons. The molecule has 0 aliphatic carbocycles. The molecule has 6 atom stereocenters. The quantitative estimate of drug-likeness (QED) is 0.182. The zero-order valence-electron chi connectivity index (χ0n) is 23.4. The number of carbonyl (C=O) groups is 3. The highest BCUT2D eigenvalue weighted by molar-refractivity contribution is 7.99. The van der Waals surface area contributed by atoms with E-state index in [1.54, 1.807) is 36.0 Å². The van der Waals surface area contributed by atoms with Crippen molar-refractivity contribution in [3.63, 3.8) is 0 Å². The van der Waals surface area contributed by atoms with Gasteiger partial charge in [0.05, 0.1) is 18.2 Å². The molecule has 2 aromatic carbocycles. The second-order valence-corrected chi connectivity index (χ2v) is 11.6. The first-order valence-corrected chi connectivity index (χ1v) is 15.0. The second kappa shape index (κ2) is 15.3. The summed E-state index contributed by atoms with van der Waals surface area (Å²) in [5.41, 5.74) is 0.470.